The summed E-state index contributed by atoms with van der Waals surface area (Å²) in [4.78, 5) is 80.9. The normalized spacial score (nSPS) is 17.8. The quantitative estimate of drug-likeness (QED) is 0.120. The van der Waals surface area contributed by atoms with Crippen LogP contribution in [0.5, 0.6) is 0 Å². The zero-order chi connectivity index (χ0) is 36.2. The molecule has 0 aliphatic carbocycles. The van der Waals surface area contributed by atoms with Gasteiger partial charge in [-0.05, 0) is 28.9 Å². The second-order valence-electron chi connectivity index (χ2n) is 13.3. The molecule has 1 heterocycles. The van der Waals surface area contributed by atoms with Crippen LogP contribution in [0.3, 0.4) is 0 Å². The fraction of sp³-hybridized carbons (Fsp3) is 0.500. The van der Waals surface area contributed by atoms with Gasteiger partial charge >= 0.3 is 12.0 Å². The van der Waals surface area contributed by atoms with Gasteiger partial charge in [-0.3, -0.25) is 19.2 Å². The first-order valence-electron chi connectivity index (χ1n) is 16.2. The predicted molar refractivity (Wildman–Crippen MR) is 183 cm³/mol. The number of nitrogens with zero attached hydrogens (tertiary/aromatic N) is 1. The van der Waals surface area contributed by atoms with Crippen molar-refractivity contribution in [1.29, 1.82) is 0 Å². The summed E-state index contributed by atoms with van der Waals surface area (Å²) < 4.78 is 5.46. The van der Waals surface area contributed by atoms with E-state index in [1.807, 2.05) is 37.3 Å². The van der Waals surface area contributed by atoms with Crippen LogP contribution in [-0.4, -0.2) is 77.7 Å². The Bertz CT molecular complexity index is 1370. The molecule has 0 spiro atoms. The van der Waals surface area contributed by atoms with E-state index in [9.17, 15) is 28.8 Å². The fourth-order valence-electron chi connectivity index (χ4n) is 5.25. The lowest BCUT2D eigenvalue weighted by atomic mass is 9.85. The molecule has 5 atom stereocenters. The third-order valence-electron chi connectivity index (χ3n) is 8.01. The molecular formula is C36H51N5O7. The summed E-state index contributed by atoms with van der Waals surface area (Å²) in [6.45, 7) is 22.2. The van der Waals surface area contributed by atoms with Crippen LogP contribution in [0.1, 0.15) is 59.9 Å². The van der Waals surface area contributed by atoms with Crippen LogP contribution >= 0.6 is 0 Å². The number of Topliss-reactive ketones (excluding diaryl/α,β-unsaturated/α-hetero) is 1. The van der Waals surface area contributed by atoms with E-state index >= 15 is 0 Å². The van der Waals surface area contributed by atoms with Gasteiger partial charge in [-0.2, -0.15) is 0 Å². The van der Waals surface area contributed by atoms with Gasteiger partial charge in [0.2, 0.25) is 17.6 Å². The minimum atomic E-state index is -1.20. The third-order valence-corrected chi connectivity index (χ3v) is 8.01. The number of ketones is 1. The molecule has 1 aliphatic heterocycles. The Morgan fingerprint density at radius 2 is 1.67 bits per heavy atom. The lowest BCUT2D eigenvalue weighted by Gasteiger charge is -2.36. The van der Waals surface area contributed by atoms with Crippen molar-refractivity contribution >= 4 is 35.5 Å². The molecule has 1 saturated heterocycles. The number of amides is 5. The number of benzene rings is 1. The molecular weight excluding hydrogens is 614 g/mol. The molecule has 48 heavy (non-hydrogen) atoms. The Morgan fingerprint density at radius 3 is 2.21 bits per heavy atom. The van der Waals surface area contributed by atoms with Crippen molar-refractivity contribution in [1.82, 2.24) is 26.2 Å². The Morgan fingerprint density at radius 1 is 1.02 bits per heavy atom. The third kappa shape index (κ3) is 10.6. The van der Waals surface area contributed by atoms with Crippen LogP contribution < -0.4 is 21.3 Å². The number of hydrogen-bond donors (Lipinski definition) is 4. The highest BCUT2D eigenvalue weighted by molar-refractivity contribution is 6.38. The van der Waals surface area contributed by atoms with Crippen molar-refractivity contribution < 1.29 is 33.5 Å². The standard InChI is InChI=1S/C36H51N5O7/c1-10-16-26(29(42)32(44)37-19-11-2)38-31(43)28-23(6)25(12-3)20-41(28)33(45)30(36(7,8)9)40-35(47)39-27(22(4)5)34(46)48-21-24-17-14-13-15-18-24/h11-15,17-18,22,25-28,30H,2-3,6,10,16,19-21H2,1,4-5,7-9H3,(H,37,44)(H,38,43)(H2,39,40,47)/t25-,26?,27-,28-,30+/m0/s1. The molecule has 12 nitrogen and oxygen atoms in total. The minimum absolute atomic E-state index is 0.0340. The number of nitrogens with one attached hydrogen (secondary N) is 4. The minimum Gasteiger partial charge on any atom is -0.459 e. The molecule has 262 valence electrons. The monoisotopic (exact) mass is 665 g/mol. The fourth-order valence-corrected chi connectivity index (χ4v) is 5.25. The SMILES string of the molecule is C=CCNC(=O)C(=O)C(CCC)NC(=O)[C@@H]1C(=C)[C@@H](C=C)CN1C(=O)[C@@H](NC(=O)N[C@H](C(=O)OCc1ccccc1)C(C)C)C(C)(C)C. The van der Waals surface area contributed by atoms with E-state index in [-0.39, 0.29) is 32.0 Å². The summed E-state index contributed by atoms with van der Waals surface area (Å²) in [5, 5.41) is 10.5. The van der Waals surface area contributed by atoms with Crippen LogP contribution in [0.15, 0.2) is 67.8 Å². The maximum atomic E-state index is 14.2. The highest BCUT2D eigenvalue weighted by Gasteiger charge is 2.47. The zero-order valence-corrected chi connectivity index (χ0v) is 29.0. The van der Waals surface area contributed by atoms with Crippen molar-refractivity contribution in [2.75, 3.05) is 13.1 Å². The van der Waals surface area contributed by atoms with E-state index < -0.39 is 71.0 Å². The molecule has 5 amide bonds. The van der Waals surface area contributed by atoms with Gasteiger partial charge in [0.05, 0.1) is 6.04 Å². The van der Waals surface area contributed by atoms with Gasteiger partial charge in [-0.25, -0.2) is 9.59 Å². The molecule has 12 heteroatoms. The molecule has 0 radical (unpaired) electrons. The van der Waals surface area contributed by atoms with Gasteiger partial charge in [0.15, 0.2) is 0 Å². The van der Waals surface area contributed by atoms with Gasteiger partial charge in [-0.15, -0.1) is 13.2 Å². The molecule has 1 aromatic carbocycles. The molecule has 2 rings (SSSR count). The molecule has 0 bridgehead atoms. The lowest BCUT2D eigenvalue weighted by molar-refractivity contribution is -0.148. The van der Waals surface area contributed by atoms with Crippen LogP contribution in [0, 0.1) is 17.3 Å². The van der Waals surface area contributed by atoms with Gasteiger partial charge in [0.25, 0.3) is 5.91 Å². The van der Waals surface area contributed by atoms with Crippen molar-refractivity contribution in [3.8, 4) is 0 Å². The number of hydrogen-bond acceptors (Lipinski definition) is 7. The number of urea groups is 1. The van der Waals surface area contributed by atoms with Crippen LogP contribution in [-0.2, 0) is 35.3 Å². The zero-order valence-electron chi connectivity index (χ0n) is 29.0. The lowest BCUT2D eigenvalue weighted by Crippen LogP contribution is -2.61. The van der Waals surface area contributed by atoms with E-state index in [0.29, 0.717) is 12.0 Å². The topological polar surface area (TPSA) is 163 Å². The highest BCUT2D eigenvalue weighted by Crippen LogP contribution is 2.32. The van der Waals surface area contributed by atoms with E-state index in [0.717, 1.165) is 5.56 Å². The maximum Gasteiger partial charge on any atom is 0.329 e. The molecule has 0 saturated carbocycles. The number of carbonyl (C=O) groups excluding carboxylic acids is 6. The number of esters is 1. The largest absolute Gasteiger partial charge is 0.459 e. The van der Waals surface area contributed by atoms with Crippen LogP contribution in [0.2, 0.25) is 0 Å². The molecule has 1 fully saturated rings. The second kappa shape index (κ2) is 18.0. The molecule has 0 aromatic heterocycles. The maximum absolute atomic E-state index is 14.2. The first-order chi connectivity index (χ1) is 22.6. The molecule has 4 N–H and O–H groups in total. The van der Waals surface area contributed by atoms with Crippen molar-refractivity contribution in [2.24, 2.45) is 17.3 Å². The summed E-state index contributed by atoms with van der Waals surface area (Å²) in [5.41, 5.74) is 0.336. The van der Waals surface area contributed by atoms with Crippen molar-refractivity contribution in [3.05, 3.63) is 73.4 Å². The molecule has 1 unspecified atom stereocenters. The first kappa shape index (κ1) is 39.4. The van der Waals surface area contributed by atoms with E-state index in [1.165, 1.54) is 11.0 Å². The Hall–Kier alpha value is -4.74. The van der Waals surface area contributed by atoms with Crippen molar-refractivity contribution in [3.63, 3.8) is 0 Å². The Labute approximate surface area is 283 Å². The Kier molecular flexibility index (Phi) is 14.8. The summed E-state index contributed by atoms with van der Waals surface area (Å²) in [7, 11) is 0. The average Bonchev–Trinajstić information content (AvgIpc) is 3.38. The molecule has 1 aromatic rings. The van der Waals surface area contributed by atoms with Gasteiger partial charge < -0.3 is 30.9 Å². The summed E-state index contributed by atoms with van der Waals surface area (Å²) in [6, 6.07) is 3.90. The average molecular weight is 666 g/mol. The van der Waals surface area contributed by atoms with Gasteiger partial charge in [0.1, 0.15) is 24.7 Å². The summed E-state index contributed by atoms with van der Waals surface area (Å²) >= 11 is 0. The first-order valence-corrected chi connectivity index (χ1v) is 16.2. The van der Waals surface area contributed by atoms with E-state index in [4.69, 9.17) is 4.74 Å². The summed E-state index contributed by atoms with van der Waals surface area (Å²) in [5.74, 6) is -4.33. The molecule has 1 aliphatic rings. The number of likely N-dealkylation sites (tertiary alicyclic amines) is 1. The van der Waals surface area contributed by atoms with E-state index in [1.54, 1.807) is 40.7 Å². The highest BCUT2D eigenvalue weighted by atomic mass is 16.5. The smallest absolute Gasteiger partial charge is 0.329 e. The second-order valence-corrected chi connectivity index (χ2v) is 13.3. The van der Waals surface area contributed by atoms with Gasteiger partial charge in [0, 0.05) is 19.0 Å². The predicted octanol–water partition coefficient (Wildman–Crippen LogP) is 3.19. The van der Waals surface area contributed by atoms with Gasteiger partial charge in [-0.1, -0.05) is 97.0 Å². The number of ether oxygens (including phenoxy) is 1. The summed E-state index contributed by atoms with van der Waals surface area (Å²) in [6.07, 6.45) is 3.70. The van der Waals surface area contributed by atoms with Crippen LogP contribution in [0.4, 0.5) is 4.79 Å². The van der Waals surface area contributed by atoms with Crippen LogP contribution in [0.25, 0.3) is 0 Å². The van der Waals surface area contributed by atoms with Crippen molar-refractivity contribution in [2.45, 2.75) is 85.2 Å². The number of carbonyl (C=O) groups is 6. The number of rotatable bonds is 16. The Balaban J connectivity index is 2.28. The van der Waals surface area contributed by atoms with E-state index in [2.05, 4.69) is 41.0 Å².